The first-order chi connectivity index (χ1) is 6.99. The predicted molar refractivity (Wildman–Crippen MR) is 47.6 cm³/mol. The summed E-state index contributed by atoms with van der Waals surface area (Å²) in [6.07, 6.45) is -2.21. The van der Waals surface area contributed by atoms with Gasteiger partial charge in [0.05, 0.1) is 13.3 Å². The van der Waals surface area contributed by atoms with E-state index in [0.29, 0.717) is 0 Å². The lowest BCUT2D eigenvalue weighted by Crippen LogP contribution is -2.04. The maximum Gasteiger partial charge on any atom is 0.281 e. The number of aromatic nitrogens is 1. The van der Waals surface area contributed by atoms with Crippen molar-refractivity contribution in [1.82, 2.24) is 4.98 Å². The molecule has 0 unspecified atom stereocenters. The Kier molecular flexibility index (Phi) is 3.41. The number of hydrogen-bond acceptors (Lipinski definition) is 4. The Morgan fingerprint density at radius 1 is 1.67 bits per heavy atom. The fourth-order valence-electron chi connectivity index (χ4n) is 1.06. The number of ether oxygens (including phenoxy) is 1. The first-order valence-corrected chi connectivity index (χ1v) is 4.10. The largest absolute Gasteiger partial charge is 0.503 e. The lowest BCUT2D eigenvalue weighted by molar-refractivity contribution is 0.105. The Hall–Kier alpha value is -1.43. The van der Waals surface area contributed by atoms with Crippen LogP contribution in [-0.4, -0.2) is 22.4 Å². The van der Waals surface area contributed by atoms with E-state index in [1.807, 2.05) is 0 Å². The number of pyridine rings is 1. The number of halogens is 3. The average molecular weight is 238 g/mol. The molecule has 0 atom stereocenters. The van der Waals surface area contributed by atoms with Crippen LogP contribution in [0, 0.1) is 0 Å². The molecule has 1 N–H and O–H groups in total. The van der Waals surface area contributed by atoms with Crippen LogP contribution >= 0.6 is 11.6 Å². The van der Waals surface area contributed by atoms with Gasteiger partial charge in [0.1, 0.15) is 11.3 Å². The van der Waals surface area contributed by atoms with Crippen molar-refractivity contribution in [3.05, 3.63) is 17.5 Å². The number of carbonyl (C=O) groups is 1. The molecule has 7 heteroatoms. The number of methoxy groups -OCH3 is 1. The number of nitrogens with zero attached hydrogens (tertiary/aromatic N) is 1. The summed E-state index contributed by atoms with van der Waals surface area (Å²) >= 11 is 5.10. The highest BCUT2D eigenvalue weighted by Crippen LogP contribution is 2.35. The molecule has 0 fully saturated rings. The fourth-order valence-corrected chi connectivity index (χ4v) is 1.24. The predicted octanol–water partition coefficient (Wildman–Crippen LogP) is 2.11. The molecule has 1 heterocycles. The van der Waals surface area contributed by atoms with Crippen molar-refractivity contribution in [2.45, 2.75) is 6.43 Å². The molecule has 82 valence electrons. The Labute approximate surface area is 88.4 Å². The molecule has 1 aromatic heterocycles. The van der Waals surface area contributed by atoms with Gasteiger partial charge in [-0.3, -0.25) is 9.78 Å². The van der Waals surface area contributed by atoms with Crippen molar-refractivity contribution in [2.24, 2.45) is 0 Å². The Morgan fingerprint density at radius 2 is 2.27 bits per heavy atom. The van der Waals surface area contributed by atoms with Crippen molar-refractivity contribution in [3.8, 4) is 11.5 Å². The maximum atomic E-state index is 12.4. The molecular formula is C8H6ClF2NO3. The van der Waals surface area contributed by atoms with E-state index < -0.39 is 34.4 Å². The van der Waals surface area contributed by atoms with Gasteiger partial charge in [0.2, 0.25) is 0 Å². The number of rotatable bonds is 3. The molecule has 4 nitrogen and oxygen atoms in total. The molecule has 15 heavy (non-hydrogen) atoms. The Bertz CT molecular complexity index is 398. The third-order valence-corrected chi connectivity index (χ3v) is 1.84. The lowest BCUT2D eigenvalue weighted by Gasteiger charge is -2.10. The zero-order valence-electron chi connectivity index (χ0n) is 7.50. The van der Waals surface area contributed by atoms with Gasteiger partial charge < -0.3 is 9.84 Å². The van der Waals surface area contributed by atoms with Crippen LogP contribution in [0.1, 0.15) is 22.5 Å². The lowest BCUT2D eigenvalue weighted by atomic mass is 10.2. The zero-order valence-corrected chi connectivity index (χ0v) is 8.26. The van der Waals surface area contributed by atoms with Crippen LogP contribution in [0.3, 0.4) is 0 Å². The quantitative estimate of drug-likeness (QED) is 0.818. The summed E-state index contributed by atoms with van der Waals surface area (Å²) in [5.41, 5.74) is -1.43. The van der Waals surface area contributed by atoms with Crippen molar-refractivity contribution < 1.29 is 23.4 Å². The second kappa shape index (κ2) is 4.39. The highest BCUT2D eigenvalue weighted by Gasteiger charge is 2.25. The molecule has 0 aliphatic carbocycles. The smallest absolute Gasteiger partial charge is 0.281 e. The van der Waals surface area contributed by atoms with Crippen molar-refractivity contribution >= 4 is 16.8 Å². The topological polar surface area (TPSA) is 59.4 Å². The first-order valence-electron chi connectivity index (χ1n) is 3.72. The van der Waals surface area contributed by atoms with E-state index in [4.69, 9.17) is 11.6 Å². The normalized spacial score (nSPS) is 10.5. The Morgan fingerprint density at radius 3 is 2.67 bits per heavy atom. The van der Waals surface area contributed by atoms with E-state index >= 15 is 0 Å². The van der Waals surface area contributed by atoms with Gasteiger partial charge in [-0.2, -0.15) is 0 Å². The third-order valence-electron chi connectivity index (χ3n) is 1.65. The fraction of sp³-hybridized carbons (Fsp3) is 0.250. The van der Waals surface area contributed by atoms with Crippen molar-refractivity contribution in [1.29, 1.82) is 0 Å². The third kappa shape index (κ3) is 2.15. The van der Waals surface area contributed by atoms with Crippen LogP contribution in [0.5, 0.6) is 11.5 Å². The molecule has 0 aliphatic rings. The minimum absolute atomic E-state index is 0.403. The van der Waals surface area contributed by atoms with E-state index in [0.717, 1.165) is 13.3 Å². The summed E-state index contributed by atoms with van der Waals surface area (Å²) < 4.78 is 29.5. The average Bonchev–Trinajstić information content (AvgIpc) is 2.16. The molecule has 0 amide bonds. The maximum absolute atomic E-state index is 12.4. The Balaban J connectivity index is 3.49. The molecule has 0 aliphatic heterocycles. The molecule has 1 aromatic rings. The van der Waals surface area contributed by atoms with Crippen LogP contribution in [0.25, 0.3) is 0 Å². The van der Waals surface area contributed by atoms with E-state index in [1.165, 1.54) is 0 Å². The van der Waals surface area contributed by atoms with Gasteiger partial charge in [-0.05, 0) is 11.6 Å². The summed E-state index contributed by atoms with van der Waals surface area (Å²) in [6, 6.07) is 0. The van der Waals surface area contributed by atoms with Gasteiger partial charge in [0.15, 0.2) is 11.5 Å². The molecule has 1 rings (SSSR count). The van der Waals surface area contributed by atoms with Crippen molar-refractivity contribution in [2.75, 3.05) is 7.11 Å². The van der Waals surface area contributed by atoms with Crippen LogP contribution in [-0.2, 0) is 0 Å². The van der Waals surface area contributed by atoms with Gasteiger partial charge in [0, 0.05) is 0 Å². The van der Waals surface area contributed by atoms with E-state index in [9.17, 15) is 18.7 Å². The molecular weight excluding hydrogens is 232 g/mol. The van der Waals surface area contributed by atoms with E-state index in [-0.39, 0.29) is 0 Å². The second-order valence-electron chi connectivity index (χ2n) is 2.51. The summed E-state index contributed by atoms with van der Waals surface area (Å²) in [5, 5.41) is 8.04. The van der Waals surface area contributed by atoms with E-state index in [1.54, 1.807) is 0 Å². The van der Waals surface area contributed by atoms with Crippen LogP contribution in [0.4, 0.5) is 8.78 Å². The first kappa shape index (κ1) is 11.6. The van der Waals surface area contributed by atoms with E-state index in [2.05, 4.69) is 9.72 Å². The van der Waals surface area contributed by atoms with Gasteiger partial charge >= 0.3 is 0 Å². The summed E-state index contributed by atoms with van der Waals surface area (Å²) in [7, 11) is 1.12. The van der Waals surface area contributed by atoms with Crippen LogP contribution in [0.15, 0.2) is 6.20 Å². The number of carbonyl (C=O) groups excluding carboxylic acids is 1. The minimum Gasteiger partial charge on any atom is -0.503 e. The molecule has 0 aromatic carbocycles. The second-order valence-corrected chi connectivity index (χ2v) is 2.85. The number of alkyl halides is 2. The number of aromatic hydroxyl groups is 1. The molecule has 0 radical (unpaired) electrons. The standard InChI is InChI=1S/C8H6ClF2NO3/c1-15-6-3(13)2-12-5(8(10)11)4(6)7(9)14/h2,8,13H,1H3. The van der Waals surface area contributed by atoms with Crippen LogP contribution < -0.4 is 4.74 Å². The molecule has 0 saturated carbocycles. The molecule has 0 bridgehead atoms. The van der Waals surface area contributed by atoms with Gasteiger partial charge in [-0.25, -0.2) is 8.78 Å². The minimum atomic E-state index is -2.97. The zero-order chi connectivity index (χ0) is 11.6. The highest BCUT2D eigenvalue weighted by atomic mass is 35.5. The summed E-state index contributed by atoms with van der Waals surface area (Å²) in [4.78, 5) is 14.1. The van der Waals surface area contributed by atoms with Gasteiger partial charge in [-0.1, -0.05) is 0 Å². The SMILES string of the molecule is COc1c(O)cnc(C(F)F)c1C(=O)Cl. The summed E-state index contributed by atoms with van der Waals surface area (Å²) in [5.74, 6) is -0.925. The van der Waals surface area contributed by atoms with Crippen molar-refractivity contribution in [3.63, 3.8) is 0 Å². The van der Waals surface area contributed by atoms with Gasteiger partial charge in [0.25, 0.3) is 11.7 Å². The highest BCUT2D eigenvalue weighted by molar-refractivity contribution is 6.68. The molecule has 0 saturated heterocycles. The van der Waals surface area contributed by atoms with Crippen LogP contribution in [0.2, 0.25) is 0 Å². The number of hydrogen-bond donors (Lipinski definition) is 1. The summed E-state index contributed by atoms with van der Waals surface area (Å²) in [6.45, 7) is 0. The molecule has 0 spiro atoms. The monoisotopic (exact) mass is 237 g/mol. The van der Waals surface area contributed by atoms with Gasteiger partial charge in [-0.15, -0.1) is 0 Å².